The molecule has 0 aromatic carbocycles. The lowest BCUT2D eigenvalue weighted by Crippen LogP contribution is -2.38. The van der Waals surface area contributed by atoms with Gasteiger partial charge in [0.1, 0.15) is 0 Å². The minimum Gasteiger partial charge on any atom is -0.396 e. The van der Waals surface area contributed by atoms with Crippen LogP contribution in [0.1, 0.15) is 48.0 Å². The van der Waals surface area contributed by atoms with Gasteiger partial charge >= 0.3 is 0 Å². The van der Waals surface area contributed by atoms with Gasteiger partial charge in [-0.2, -0.15) is 0 Å². The minimum atomic E-state index is 0.210. The Kier molecular flexibility index (Phi) is 4.07. The molecule has 2 heteroatoms. The molecule has 0 aromatic rings. The molecule has 0 saturated heterocycles. The first kappa shape index (κ1) is 14.0. The van der Waals surface area contributed by atoms with Crippen LogP contribution < -0.4 is 0 Å². The van der Waals surface area contributed by atoms with Crippen molar-refractivity contribution in [2.75, 3.05) is 13.2 Å². The van der Waals surface area contributed by atoms with Crippen LogP contribution in [0.5, 0.6) is 0 Å². The van der Waals surface area contributed by atoms with Gasteiger partial charge in [0.2, 0.25) is 0 Å². The molecule has 0 spiro atoms. The van der Waals surface area contributed by atoms with Gasteiger partial charge in [0.25, 0.3) is 0 Å². The molecule has 3 unspecified atom stereocenters. The fourth-order valence-corrected chi connectivity index (χ4v) is 2.57. The Balaban J connectivity index is 2.63. The van der Waals surface area contributed by atoms with Crippen molar-refractivity contribution in [2.45, 2.75) is 54.1 Å². The Hall–Kier alpha value is -0.0800. The van der Waals surface area contributed by atoms with Crippen molar-refractivity contribution < 1.29 is 9.84 Å². The molecule has 1 saturated carbocycles. The summed E-state index contributed by atoms with van der Waals surface area (Å²) in [5, 5.41) is 9.01. The highest BCUT2D eigenvalue weighted by Crippen LogP contribution is 2.56. The van der Waals surface area contributed by atoms with Gasteiger partial charge in [0, 0.05) is 12.5 Å². The zero-order valence-corrected chi connectivity index (χ0v) is 11.7. The van der Waals surface area contributed by atoms with Crippen LogP contribution in [0.15, 0.2) is 0 Å². The third kappa shape index (κ3) is 2.28. The van der Waals surface area contributed by atoms with Crippen LogP contribution in [0.2, 0.25) is 0 Å². The van der Waals surface area contributed by atoms with Crippen molar-refractivity contribution in [1.29, 1.82) is 0 Å². The van der Waals surface area contributed by atoms with Crippen LogP contribution in [0.25, 0.3) is 0 Å². The zero-order valence-electron chi connectivity index (χ0n) is 11.7. The van der Waals surface area contributed by atoms with Crippen LogP contribution in [-0.2, 0) is 4.74 Å². The second-order valence-corrected chi connectivity index (χ2v) is 6.69. The van der Waals surface area contributed by atoms with Crippen molar-refractivity contribution in [1.82, 2.24) is 0 Å². The Morgan fingerprint density at radius 2 is 1.81 bits per heavy atom. The fraction of sp³-hybridized carbons (Fsp3) is 1.00. The molecule has 0 amide bonds. The van der Waals surface area contributed by atoms with E-state index in [4.69, 9.17) is 9.84 Å². The highest BCUT2D eigenvalue weighted by molar-refractivity contribution is 5.02. The normalized spacial score (nSPS) is 33.9. The number of ether oxygens (including phenoxy) is 1. The summed E-state index contributed by atoms with van der Waals surface area (Å²) in [4.78, 5) is 0. The average Bonchev–Trinajstić information content (AvgIpc) is 2.35. The molecule has 0 heterocycles. The van der Waals surface area contributed by atoms with E-state index in [0.29, 0.717) is 24.0 Å². The van der Waals surface area contributed by atoms with Gasteiger partial charge in [-0.1, -0.05) is 41.5 Å². The summed E-state index contributed by atoms with van der Waals surface area (Å²) in [6, 6.07) is 0. The van der Waals surface area contributed by atoms with E-state index >= 15 is 0 Å². The maximum Gasteiger partial charge on any atom is 0.0634 e. The van der Waals surface area contributed by atoms with E-state index in [0.717, 1.165) is 6.42 Å². The number of hydrogen-bond acceptors (Lipinski definition) is 2. The quantitative estimate of drug-likeness (QED) is 0.801. The maximum atomic E-state index is 9.01. The lowest BCUT2D eigenvalue weighted by molar-refractivity contribution is -0.0548. The van der Waals surface area contributed by atoms with E-state index in [-0.39, 0.29) is 17.9 Å². The average molecular weight is 228 g/mol. The number of aliphatic hydroxyl groups excluding tert-OH is 1. The molecule has 2 nitrogen and oxygen atoms in total. The van der Waals surface area contributed by atoms with Crippen LogP contribution in [0, 0.1) is 22.7 Å². The molecule has 1 rings (SSSR count). The smallest absolute Gasteiger partial charge is 0.0634 e. The SMILES string of the molecule is CC(CO)COC1CC(C)C(C)(C)C1(C)C. The summed E-state index contributed by atoms with van der Waals surface area (Å²) < 4.78 is 6.02. The van der Waals surface area contributed by atoms with Crippen molar-refractivity contribution in [3.63, 3.8) is 0 Å². The fourth-order valence-electron chi connectivity index (χ4n) is 2.57. The third-order valence-corrected chi connectivity index (χ3v) is 5.16. The lowest BCUT2D eigenvalue weighted by atomic mass is 9.67. The summed E-state index contributed by atoms with van der Waals surface area (Å²) >= 11 is 0. The van der Waals surface area contributed by atoms with Crippen molar-refractivity contribution in [2.24, 2.45) is 22.7 Å². The Morgan fingerprint density at radius 3 is 2.19 bits per heavy atom. The molecule has 16 heavy (non-hydrogen) atoms. The molecule has 0 aromatic heterocycles. The van der Waals surface area contributed by atoms with Gasteiger partial charge in [-0.15, -0.1) is 0 Å². The van der Waals surface area contributed by atoms with E-state index in [2.05, 4.69) is 34.6 Å². The monoisotopic (exact) mass is 228 g/mol. The van der Waals surface area contributed by atoms with E-state index in [1.165, 1.54) is 0 Å². The first-order chi connectivity index (χ1) is 7.23. The summed E-state index contributed by atoms with van der Waals surface area (Å²) in [6.45, 7) is 14.5. The van der Waals surface area contributed by atoms with E-state index < -0.39 is 0 Å². The molecular formula is C14H28O2. The van der Waals surface area contributed by atoms with Gasteiger partial charge in [0.05, 0.1) is 12.7 Å². The molecule has 1 aliphatic rings. The van der Waals surface area contributed by atoms with Gasteiger partial charge in [-0.3, -0.25) is 0 Å². The second-order valence-electron chi connectivity index (χ2n) is 6.69. The molecule has 1 fully saturated rings. The summed E-state index contributed by atoms with van der Waals surface area (Å²) in [5.74, 6) is 0.937. The van der Waals surface area contributed by atoms with Crippen LogP contribution in [0.3, 0.4) is 0 Å². The van der Waals surface area contributed by atoms with Crippen LogP contribution in [0.4, 0.5) is 0 Å². The summed E-state index contributed by atoms with van der Waals surface area (Å²) in [5.41, 5.74) is 0.529. The molecule has 0 bridgehead atoms. The maximum absolute atomic E-state index is 9.01. The topological polar surface area (TPSA) is 29.5 Å². The molecular weight excluding hydrogens is 200 g/mol. The summed E-state index contributed by atoms with van der Waals surface area (Å²) in [7, 11) is 0. The van der Waals surface area contributed by atoms with Gasteiger partial charge in [-0.25, -0.2) is 0 Å². The zero-order chi connectivity index (χ0) is 12.6. The molecule has 0 radical (unpaired) electrons. The third-order valence-electron chi connectivity index (χ3n) is 5.16. The first-order valence-electron chi connectivity index (χ1n) is 6.46. The predicted octanol–water partition coefficient (Wildman–Crippen LogP) is 3.09. The number of hydrogen-bond donors (Lipinski definition) is 1. The van der Waals surface area contributed by atoms with Gasteiger partial charge < -0.3 is 9.84 Å². The molecule has 96 valence electrons. The first-order valence-corrected chi connectivity index (χ1v) is 6.46. The lowest BCUT2D eigenvalue weighted by Gasteiger charge is -2.40. The Morgan fingerprint density at radius 1 is 1.25 bits per heavy atom. The molecule has 0 aliphatic heterocycles. The van der Waals surface area contributed by atoms with Gasteiger partial charge in [0.15, 0.2) is 0 Å². The molecule has 3 atom stereocenters. The standard InChI is InChI=1S/C14H28O2/c1-10(8-15)9-16-12-7-11(2)13(3,4)14(12,5)6/h10-12,15H,7-9H2,1-6H3. The summed E-state index contributed by atoms with van der Waals surface area (Å²) in [6.07, 6.45) is 1.46. The minimum absolute atomic E-state index is 0.210. The molecule has 1 aliphatic carbocycles. The largest absolute Gasteiger partial charge is 0.396 e. The van der Waals surface area contributed by atoms with Crippen LogP contribution in [-0.4, -0.2) is 24.4 Å². The number of aliphatic hydroxyl groups is 1. The van der Waals surface area contributed by atoms with E-state index in [1.807, 2.05) is 6.92 Å². The van der Waals surface area contributed by atoms with Crippen molar-refractivity contribution in [3.8, 4) is 0 Å². The van der Waals surface area contributed by atoms with Crippen molar-refractivity contribution in [3.05, 3.63) is 0 Å². The van der Waals surface area contributed by atoms with Gasteiger partial charge in [-0.05, 0) is 23.2 Å². The van der Waals surface area contributed by atoms with Crippen molar-refractivity contribution >= 4 is 0 Å². The number of rotatable bonds is 4. The van der Waals surface area contributed by atoms with Crippen LogP contribution >= 0.6 is 0 Å². The molecule has 1 N–H and O–H groups in total. The Labute approximate surface area is 100 Å². The van der Waals surface area contributed by atoms with E-state index in [9.17, 15) is 0 Å². The Bertz CT molecular complexity index is 233. The highest BCUT2D eigenvalue weighted by atomic mass is 16.5. The predicted molar refractivity (Wildman–Crippen MR) is 67.3 cm³/mol. The highest BCUT2D eigenvalue weighted by Gasteiger charge is 2.53. The van der Waals surface area contributed by atoms with E-state index in [1.54, 1.807) is 0 Å². The second kappa shape index (κ2) is 4.66.